The zero-order valence-corrected chi connectivity index (χ0v) is 19.0. The van der Waals surface area contributed by atoms with Crippen LogP contribution in [0.4, 0.5) is 11.4 Å². The molecule has 0 unspecified atom stereocenters. The highest BCUT2D eigenvalue weighted by Crippen LogP contribution is 2.29. The summed E-state index contributed by atoms with van der Waals surface area (Å²) < 4.78 is 11.4. The molecule has 0 fully saturated rings. The first-order valence-electron chi connectivity index (χ1n) is 10.1. The number of anilines is 1. The molecule has 0 saturated carbocycles. The molecule has 0 aliphatic rings. The second-order valence-electron chi connectivity index (χ2n) is 7.17. The van der Waals surface area contributed by atoms with E-state index in [1.165, 1.54) is 17.7 Å². The summed E-state index contributed by atoms with van der Waals surface area (Å²) in [6, 6.07) is 20.6. The molecule has 0 radical (unpaired) electrons. The number of hydrogen-bond donors (Lipinski definition) is 2. The molecular formula is C24H28ClN3O4. The maximum atomic E-state index is 10.7. The molecule has 8 heteroatoms. The standard InChI is InChI=1S/C24H27N3O4.ClH/c1-18-4-3-5-20(14-18)17-31-23-11-6-19(15-24(23)30-2)16-25-12-13-26-21-7-9-22(10-8-21)27(28)29;/h3-11,14-15,25-26H,12-13,16-17H2,1-2H3;1H. The number of aryl methyl sites for hydroxylation is 1. The van der Waals surface area contributed by atoms with Crippen LogP contribution in [0.2, 0.25) is 0 Å². The highest BCUT2D eigenvalue weighted by molar-refractivity contribution is 5.85. The van der Waals surface area contributed by atoms with E-state index in [1.807, 2.05) is 30.3 Å². The van der Waals surface area contributed by atoms with Gasteiger partial charge in [0.05, 0.1) is 12.0 Å². The van der Waals surface area contributed by atoms with E-state index in [1.54, 1.807) is 19.2 Å². The Balaban J connectivity index is 0.00000363. The molecule has 7 nitrogen and oxygen atoms in total. The fourth-order valence-electron chi connectivity index (χ4n) is 3.13. The van der Waals surface area contributed by atoms with E-state index in [0.717, 1.165) is 23.4 Å². The predicted molar refractivity (Wildman–Crippen MR) is 129 cm³/mol. The number of hydrogen-bond acceptors (Lipinski definition) is 6. The van der Waals surface area contributed by atoms with Crippen LogP contribution in [-0.4, -0.2) is 25.1 Å². The van der Waals surface area contributed by atoms with Crippen LogP contribution in [0.3, 0.4) is 0 Å². The maximum absolute atomic E-state index is 10.7. The summed E-state index contributed by atoms with van der Waals surface area (Å²) in [5.74, 6) is 1.42. The summed E-state index contributed by atoms with van der Waals surface area (Å²) in [4.78, 5) is 10.3. The second-order valence-corrected chi connectivity index (χ2v) is 7.17. The number of non-ortho nitro benzene ring substituents is 1. The number of ether oxygens (including phenoxy) is 2. The first kappa shape index (κ1) is 25.0. The van der Waals surface area contributed by atoms with Crippen molar-refractivity contribution in [3.63, 3.8) is 0 Å². The number of nitrogens with zero attached hydrogens (tertiary/aromatic N) is 1. The zero-order chi connectivity index (χ0) is 22.1. The zero-order valence-electron chi connectivity index (χ0n) is 18.2. The third-order valence-electron chi connectivity index (χ3n) is 4.74. The second kappa shape index (κ2) is 12.5. The van der Waals surface area contributed by atoms with Crippen molar-refractivity contribution in [2.24, 2.45) is 0 Å². The van der Waals surface area contributed by atoms with E-state index in [-0.39, 0.29) is 18.1 Å². The highest BCUT2D eigenvalue weighted by atomic mass is 35.5. The van der Waals surface area contributed by atoms with Gasteiger partial charge in [-0.2, -0.15) is 0 Å². The Morgan fingerprint density at radius 3 is 2.41 bits per heavy atom. The van der Waals surface area contributed by atoms with E-state index in [2.05, 4.69) is 29.7 Å². The highest BCUT2D eigenvalue weighted by Gasteiger charge is 2.07. The van der Waals surface area contributed by atoms with Crippen LogP contribution in [0, 0.1) is 17.0 Å². The van der Waals surface area contributed by atoms with Gasteiger partial charge in [-0.15, -0.1) is 12.4 Å². The van der Waals surface area contributed by atoms with Gasteiger partial charge in [0.2, 0.25) is 0 Å². The first-order chi connectivity index (χ1) is 15.0. The Morgan fingerprint density at radius 1 is 0.938 bits per heavy atom. The van der Waals surface area contributed by atoms with Gasteiger partial charge in [0.25, 0.3) is 5.69 Å². The molecule has 0 atom stereocenters. The van der Waals surface area contributed by atoms with E-state index in [9.17, 15) is 10.1 Å². The number of nitro benzene ring substituents is 1. The molecule has 170 valence electrons. The summed E-state index contributed by atoms with van der Waals surface area (Å²) in [5.41, 5.74) is 4.36. The van der Waals surface area contributed by atoms with Gasteiger partial charge in [-0.1, -0.05) is 35.9 Å². The predicted octanol–water partition coefficient (Wildman–Crippen LogP) is 5.11. The average Bonchev–Trinajstić information content (AvgIpc) is 2.78. The summed E-state index contributed by atoms with van der Waals surface area (Å²) in [6.45, 7) is 4.69. The lowest BCUT2D eigenvalue weighted by Gasteiger charge is -2.13. The molecule has 0 spiro atoms. The van der Waals surface area contributed by atoms with E-state index >= 15 is 0 Å². The topological polar surface area (TPSA) is 85.7 Å². The van der Waals surface area contributed by atoms with Crippen LogP contribution in [0.15, 0.2) is 66.7 Å². The Kier molecular flexibility index (Phi) is 9.78. The summed E-state index contributed by atoms with van der Waals surface area (Å²) >= 11 is 0. The monoisotopic (exact) mass is 457 g/mol. The fraction of sp³-hybridized carbons (Fsp3) is 0.250. The van der Waals surface area contributed by atoms with Gasteiger partial charge < -0.3 is 20.1 Å². The lowest BCUT2D eigenvalue weighted by atomic mass is 10.1. The lowest BCUT2D eigenvalue weighted by molar-refractivity contribution is -0.384. The van der Waals surface area contributed by atoms with Crippen LogP contribution in [0.1, 0.15) is 16.7 Å². The summed E-state index contributed by atoms with van der Waals surface area (Å²) in [5, 5.41) is 17.3. The van der Waals surface area contributed by atoms with Crippen LogP contribution >= 0.6 is 12.4 Å². The number of benzene rings is 3. The number of nitro groups is 1. The smallest absolute Gasteiger partial charge is 0.269 e. The largest absolute Gasteiger partial charge is 0.493 e. The minimum atomic E-state index is -0.404. The molecule has 3 aromatic rings. The van der Waals surface area contributed by atoms with E-state index < -0.39 is 4.92 Å². The van der Waals surface area contributed by atoms with Crippen molar-refractivity contribution >= 4 is 23.8 Å². The molecule has 3 aromatic carbocycles. The van der Waals surface area contributed by atoms with Gasteiger partial charge in [-0.05, 0) is 42.3 Å². The minimum Gasteiger partial charge on any atom is -0.493 e. The summed E-state index contributed by atoms with van der Waals surface area (Å²) in [6.07, 6.45) is 0. The molecule has 0 aliphatic carbocycles. The van der Waals surface area contributed by atoms with Gasteiger partial charge in [-0.3, -0.25) is 10.1 Å². The lowest BCUT2D eigenvalue weighted by Crippen LogP contribution is -2.21. The third kappa shape index (κ3) is 7.44. The molecule has 2 N–H and O–H groups in total. The Bertz CT molecular complexity index is 1010. The number of rotatable bonds is 11. The van der Waals surface area contributed by atoms with E-state index in [0.29, 0.717) is 31.2 Å². The molecule has 0 aromatic heterocycles. The summed E-state index contributed by atoms with van der Waals surface area (Å²) in [7, 11) is 1.64. The van der Waals surface area contributed by atoms with Crippen LogP contribution < -0.4 is 20.1 Å². The van der Waals surface area contributed by atoms with Crippen LogP contribution in [0.5, 0.6) is 11.5 Å². The van der Waals surface area contributed by atoms with Gasteiger partial charge >= 0.3 is 0 Å². The molecule has 0 amide bonds. The van der Waals surface area contributed by atoms with Gasteiger partial charge in [0.15, 0.2) is 11.5 Å². The quantitative estimate of drug-likeness (QED) is 0.236. The molecule has 32 heavy (non-hydrogen) atoms. The van der Waals surface area contributed by atoms with Crippen molar-refractivity contribution in [2.45, 2.75) is 20.1 Å². The Labute approximate surface area is 194 Å². The first-order valence-corrected chi connectivity index (χ1v) is 10.1. The van der Waals surface area contributed by atoms with Gasteiger partial charge in [0, 0.05) is 37.5 Å². The van der Waals surface area contributed by atoms with Crippen LogP contribution in [-0.2, 0) is 13.2 Å². The Morgan fingerprint density at radius 2 is 1.72 bits per heavy atom. The number of nitrogens with one attached hydrogen (secondary N) is 2. The van der Waals surface area contributed by atoms with Crippen molar-refractivity contribution in [1.82, 2.24) is 5.32 Å². The fourth-order valence-corrected chi connectivity index (χ4v) is 3.13. The van der Waals surface area contributed by atoms with E-state index in [4.69, 9.17) is 9.47 Å². The van der Waals surface area contributed by atoms with Gasteiger partial charge in [0.1, 0.15) is 6.61 Å². The normalized spacial score (nSPS) is 10.2. The average molecular weight is 458 g/mol. The molecule has 3 rings (SSSR count). The van der Waals surface area contributed by atoms with Crippen molar-refractivity contribution in [1.29, 1.82) is 0 Å². The molecule has 0 aliphatic heterocycles. The minimum absolute atomic E-state index is 0. The number of halogens is 1. The molecule has 0 heterocycles. The van der Waals surface area contributed by atoms with Crippen molar-refractivity contribution < 1.29 is 14.4 Å². The van der Waals surface area contributed by atoms with Gasteiger partial charge in [-0.25, -0.2) is 0 Å². The SMILES string of the molecule is COc1cc(CNCCNc2ccc([N+](=O)[O-])cc2)ccc1OCc1cccc(C)c1.Cl. The Hall–Kier alpha value is -3.29. The van der Waals surface area contributed by atoms with Crippen molar-refractivity contribution in [2.75, 3.05) is 25.5 Å². The van der Waals surface area contributed by atoms with Crippen molar-refractivity contribution in [3.05, 3.63) is 93.5 Å². The molecule has 0 saturated heterocycles. The number of methoxy groups -OCH3 is 1. The third-order valence-corrected chi connectivity index (χ3v) is 4.74. The van der Waals surface area contributed by atoms with Crippen LogP contribution in [0.25, 0.3) is 0 Å². The molecular weight excluding hydrogens is 430 g/mol. The maximum Gasteiger partial charge on any atom is 0.269 e. The van der Waals surface area contributed by atoms with Crippen molar-refractivity contribution in [3.8, 4) is 11.5 Å². The molecule has 0 bridgehead atoms.